The maximum absolute atomic E-state index is 11.2. The molecule has 0 bridgehead atoms. The minimum atomic E-state index is -0.178. The van der Waals surface area contributed by atoms with E-state index in [1.807, 2.05) is 36.4 Å². The molecule has 2 aromatic carbocycles. The Morgan fingerprint density at radius 3 is 2.53 bits per heavy atom. The molecule has 4 heteroatoms. The topological polar surface area (TPSA) is 60.7 Å². The number of aromatic nitrogens is 2. The van der Waals surface area contributed by atoms with Gasteiger partial charge in [-0.3, -0.25) is 0 Å². The molecular weight excluding hydrogens is 238 g/mol. The van der Waals surface area contributed by atoms with Gasteiger partial charge >= 0.3 is 5.69 Å². The summed E-state index contributed by atoms with van der Waals surface area (Å²) in [6, 6.07) is 16.3. The largest absolute Gasteiger partial charge is 0.378 e. The van der Waals surface area contributed by atoms with Crippen LogP contribution in [0.15, 0.2) is 53.3 Å². The van der Waals surface area contributed by atoms with E-state index in [4.69, 9.17) is 0 Å². The highest BCUT2D eigenvalue weighted by Gasteiger charge is 2.05. The van der Waals surface area contributed by atoms with Crippen molar-refractivity contribution >= 4 is 16.7 Å². The van der Waals surface area contributed by atoms with Gasteiger partial charge < -0.3 is 15.3 Å². The number of H-pyrrole nitrogens is 2. The third kappa shape index (κ3) is 2.38. The third-order valence-corrected chi connectivity index (χ3v) is 3.20. The standard InChI is InChI=1S/C15H15N3O/c1-10(11-5-3-2-4-6-11)16-12-7-8-13-14(9-12)18-15(19)17-13/h2-10,16H,1H3,(H2,17,18,19). The highest BCUT2D eigenvalue weighted by molar-refractivity contribution is 5.78. The van der Waals surface area contributed by atoms with Crippen molar-refractivity contribution in [2.45, 2.75) is 13.0 Å². The van der Waals surface area contributed by atoms with Gasteiger partial charge in [0.2, 0.25) is 0 Å². The monoisotopic (exact) mass is 253 g/mol. The van der Waals surface area contributed by atoms with Crippen molar-refractivity contribution in [3.05, 3.63) is 64.6 Å². The first kappa shape index (κ1) is 11.6. The predicted octanol–water partition coefficient (Wildman–Crippen LogP) is 3.03. The summed E-state index contributed by atoms with van der Waals surface area (Å²) in [7, 11) is 0. The van der Waals surface area contributed by atoms with Gasteiger partial charge in [-0.2, -0.15) is 0 Å². The molecule has 0 aliphatic heterocycles. The minimum absolute atomic E-state index is 0.178. The molecule has 4 nitrogen and oxygen atoms in total. The van der Waals surface area contributed by atoms with Gasteiger partial charge in [0.05, 0.1) is 11.0 Å². The molecule has 3 N–H and O–H groups in total. The molecule has 0 amide bonds. The lowest BCUT2D eigenvalue weighted by Gasteiger charge is -2.15. The smallest absolute Gasteiger partial charge is 0.323 e. The molecule has 1 atom stereocenters. The summed E-state index contributed by atoms with van der Waals surface area (Å²) in [4.78, 5) is 16.7. The van der Waals surface area contributed by atoms with Gasteiger partial charge in [0, 0.05) is 11.7 Å². The Kier molecular flexibility index (Phi) is 2.83. The van der Waals surface area contributed by atoms with E-state index in [1.54, 1.807) is 0 Å². The summed E-state index contributed by atoms with van der Waals surface area (Å²) in [6.07, 6.45) is 0. The second-order valence-corrected chi connectivity index (χ2v) is 4.62. The van der Waals surface area contributed by atoms with Gasteiger partial charge in [-0.05, 0) is 30.7 Å². The fourth-order valence-electron chi connectivity index (χ4n) is 2.20. The summed E-state index contributed by atoms with van der Waals surface area (Å²) in [5.74, 6) is 0. The van der Waals surface area contributed by atoms with Gasteiger partial charge in [0.1, 0.15) is 0 Å². The first-order valence-corrected chi connectivity index (χ1v) is 6.26. The molecule has 0 fully saturated rings. The fraction of sp³-hybridized carbons (Fsp3) is 0.133. The first-order chi connectivity index (χ1) is 9.22. The summed E-state index contributed by atoms with van der Waals surface area (Å²) in [5, 5.41) is 3.42. The van der Waals surface area contributed by atoms with Crippen LogP contribution >= 0.6 is 0 Å². The second kappa shape index (κ2) is 4.65. The molecule has 0 aliphatic carbocycles. The normalized spacial score (nSPS) is 12.5. The summed E-state index contributed by atoms with van der Waals surface area (Å²) < 4.78 is 0. The van der Waals surface area contributed by atoms with Crippen molar-refractivity contribution < 1.29 is 0 Å². The Morgan fingerprint density at radius 2 is 1.74 bits per heavy atom. The maximum Gasteiger partial charge on any atom is 0.323 e. The second-order valence-electron chi connectivity index (χ2n) is 4.62. The van der Waals surface area contributed by atoms with E-state index in [0.717, 1.165) is 16.7 Å². The molecular formula is C15H15N3O. The van der Waals surface area contributed by atoms with E-state index in [9.17, 15) is 4.79 Å². The van der Waals surface area contributed by atoms with Crippen LogP contribution in [-0.4, -0.2) is 9.97 Å². The van der Waals surface area contributed by atoms with Crippen LogP contribution in [0, 0.1) is 0 Å². The Balaban J connectivity index is 1.87. The lowest BCUT2D eigenvalue weighted by molar-refractivity contribution is 0.885. The summed E-state index contributed by atoms with van der Waals surface area (Å²) >= 11 is 0. The SMILES string of the molecule is CC(Nc1ccc2[nH]c(=O)[nH]c2c1)c1ccccc1. The van der Waals surface area contributed by atoms with Crippen LogP contribution in [0.5, 0.6) is 0 Å². The lowest BCUT2D eigenvalue weighted by Crippen LogP contribution is -2.06. The third-order valence-electron chi connectivity index (χ3n) is 3.20. The number of nitrogens with one attached hydrogen (secondary N) is 3. The van der Waals surface area contributed by atoms with Gasteiger partial charge in [-0.1, -0.05) is 30.3 Å². The van der Waals surface area contributed by atoms with E-state index < -0.39 is 0 Å². The van der Waals surface area contributed by atoms with Crippen molar-refractivity contribution in [3.63, 3.8) is 0 Å². The zero-order valence-electron chi connectivity index (χ0n) is 10.6. The molecule has 19 heavy (non-hydrogen) atoms. The summed E-state index contributed by atoms with van der Waals surface area (Å²) in [6.45, 7) is 2.11. The number of rotatable bonds is 3. The van der Waals surface area contributed by atoms with E-state index >= 15 is 0 Å². The molecule has 1 heterocycles. The van der Waals surface area contributed by atoms with E-state index in [1.165, 1.54) is 5.56 Å². The zero-order valence-corrected chi connectivity index (χ0v) is 10.6. The van der Waals surface area contributed by atoms with Crippen LogP contribution < -0.4 is 11.0 Å². The van der Waals surface area contributed by atoms with Crippen LogP contribution in [-0.2, 0) is 0 Å². The first-order valence-electron chi connectivity index (χ1n) is 6.26. The molecule has 3 rings (SSSR count). The van der Waals surface area contributed by atoms with Crippen molar-refractivity contribution in [3.8, 4) is 0 Å². The number of imidazole rings is 1. The van der Waals surface area contributed by atoms with Crippen LogP contribution in [0.2, 0.25) is 0 Å². The quantitative estimate of drug-likeness (QED) is 0.672. The van der Waals surface area contributed by atoms with Crippen LogP contribution in [0.4, 0.5) is 5.69 Å². The molecule has 1 aromatic heterocycles. The van der Waals surface area contributed by atoms with Gasteiger partial charge in [0.15, 0.2) is 0 Å². The highest BCUT2D eigenvalue weighted by Crippen LogP contribution is 2.21. The molecule has 0 saturated carbocycles. The molecule has 0 spiro atoms. The number of aromatic amines is 2. The van der Waals surface area contributed by atoms with Crippen LogP contribution in [0.3, 0.4) is 0 Å². The Bertz CT molecular complexity index is 743. The fourth-order valence-corrected chi connectivity index (χ4v) is 2.20. The number of hydrogen-bond donors (Lipinski definition) is 3. The van der Waals surface area contributed by atoms with E-state index in [0.29, 0.717) is 0 Å². The maximum atomic E-state index is 11.2. The highest BCUT2D eigenvalue weighted by atomic mass is 16.1. The minimum Gasteiger partial charge on any atom is -0.378 e. The van der Waals surface area contributed by atoms with Gasteiger partial charge in [-0.15, -0.1) is 0 Å². The van der Waals surface area contributed by atoms with E-state index in [2.05, 4.69) is 34.3 Å². The average Bonchev–Trinajstić information content (AvgIpc) is 2.79. The number of hydrogen-bond acceptors (Lipinski definition) is 2. The Labute approximate surface area is 110 Å². The predicted molar refractivity (Wildman–Crippen MR) is 77.4 cm³/mol. The molecule has 96 valence electrons. The number of fused-ring (bicyclic) bond motifs is 1. The molecule has 0 saturated heterocycles. The van der Waals surface area contributed by atoms with E-state index in [-0.39, 0.29) is 11.7 Å². The molecule has 0 aliphatic rings. The van der Waals surface area contributed by atoms with Gasteiger partial charge in [0.25, 0.3) is 0 Å². The lowest BCUT2D eigenvalue weighted by atomic mass is 10.1. The molecule has 0 radical (unpaired) electrons. The van der Waals surface area contributed by atoms with Crippen LogP contribution in [0.25, 0.3) is 11.0 Å². The van der Waals surface area contributed by atoms with Gasteiger partial charge in [-0.25, -0.2) is 4.79 Å². The Morgan fingerprint density at radius 1 is 1.00 bits per heavy atom. The summed E-state index contributed by atoms with van der Waals surface area (Å²) in [5.41, 5.74) is 3.67. The Hall–Kier alpha value is -2.49. The zero-order chi connectivity index (χ0) is 13.2. The average molecular weight is 253 g/mol. The number of anilines is 1. The van der Waals surface area contributed by atoms with Crippen molar-refractivity contribution in [1.82, 2.24) is 9.97 Å². The van der Waals surface area contributed by atoms with Crippen molar-refractivity contribution in [2.24, 2.45) is 0 Å². The van der Waals surface area contributed by atoms with Crippen molar-refractivity contribution in [1.29, 1.82) is 0 Å². The molecule has 1 unspecified atom stereocenters. The van der Waals surface area contributed by atoms with Crippen molar-refractivity contribution in [2.75, 3.05) is 5.32 Å². The van der Waals surface area contributed by atoms with Crippen LogP contribution in [0.1, 0.15) is 18.5 Å². The molecule has 3 aromatic rings. The number of benzene rings is 2.